The van der Waals surface area contributed by atoms with Gasteiger partial charge in [-0.3, -0.25) is 4.68 Å². The van der Waals surface area contributed by atoms with Gasteiger partial charge in [0.25, 0.3) is 0 Å². The first-order valence-corrected chi connectivity index (χ1v) is 6.70. The van der Waals surface area contributed by atoms with Gasteiger partial charge in [0, 0.05) is 11.6 Å². The van der Waals surface area contributed by atoms with Gasteiger partial charge in [-0.2, -0.15) is 5.10 Å². The Balaban J connectivity index is 0.000000329. The third-order valence-electron chi connectivity index (χ3n) is 3.13. The molecule has 1 aliphatic rings. The molecule has 2 heteroatoms. The summed E-state index contributed by atoms with van der Waals surface area (Å²) < 4.78 is 2.15. The van der Waals surface area contributed by atoms with Crippen molar-refractivity contribution in [3.8, 4) is 0 Å². The fraction of sp³-hybridized carbons (Fsp3) is 0.533. The van der Waals surface area contributed by atoms with Gasteiger partial charge in [-0.25, -0.2) is 0 Å². The number of hydrogen-bond acceptors (Lipinski definition) is 1. The SMILES string of the molecule is CCC.Cc1ccc2cn(C3CCC3)nc2c1. The van der Waals surface area contributed by atoms with Crippen molar-refractivity contribution >= 4 is 10.9 Å². The van der Waals surface area contributed by atoms with Gasteiger partial charge in [-0.05, 0) is 37.8 Å². The molecule has 0 spiro atoms. The van der Waals surface area contributed by atoms with Gasteiger partial charge in [-0.15, -0.1) is 0 Å². The second kappa shape index (κ2) is 5.35. The summed E-state index contributed by atoms with van der Waals surface area (Å²) in [6.07, 6.45) is 7.39. The fourth-order valence-corrected chi connectivity index (χ4v) is 1.98. The minimum absolute atomic E-state index is 0.669. The quantitative estimate of drug-likeness (QED) is 0.706. The van der Waals surface area contributed by atoms with Crippen LogP contribution in [0.3, 0.4) is 0 Å². The minimum Gasteiger partial charge on any atom is -0.268 e. The van der Waals surface area contributed by atoms with Crippen molar-refractivity contribution in [2.75, 3.05) is 0 Å². The molecule has 1 saturated carbocycles. The second-order valence-electron chi connectivity index (χ2n) is 4.96. The summed E-state index contributed by atoms with van der Waals surface area (Å²) in [5.41, 5.74) is 2.42. The summed E-state index contributed by atoms with van der Waals surface area (Å²) in [5, 5.41) is 5.88. The highest BCUT2D eigenvalue weighted by Crippen LogP contribution is 2.31. The van der Waals surface area contributed by atoms with E-state index in [-0.39, 0.29) is 0 Å². The zero-order chi connectivity index (χ0) is 12.3. The summed E-state index contributed by atoms with van der Waals surface area (Å²) in [7, 11) is 0. The topological polar surface area (TPSA) is 17.8 Å². The number of aromatic nitrogens is 2. The number of fused-ring (bicyclic) bond motifs is 1. The summed E-state index contributed by atoms with van der Waals surface area (Å²) in [6.45, 7) is 6.36. The number of rotatable bonds is 1. The van der Waals surface area contributed by atoms with E-state index in [0.29, 0.717) is 6.04 Å². The summed E-state index contributed by atoms with van der Waals surface area (Å²) >= 11 is 0. The van der Waals surface area contributed by atoms with E-state index < -0.39 is 0 Å². The Labute approximate surface area is 104 Å². The van der Waals surface area contributed by atoms with E-state index >= 15 is 0 Å². The van der Waals surface area contributed by atoms with E-state index in [9.17, 15) is 0 Å². The van der Waals surface area contributed by atoms with Crippen LogP contribution in [0.4, 0.5) is 0 Å². The number of benzene rings is 1. The van der Waals surface area contributed by atoms with Crippen LogP contribution in [0.5, 0.6) is 0 Å². The Hall–Kier alpha value is -1.31. The first kappa shape index (κ1) is 12.2. The number of nitrogens with zero attached hydrogens (tertiary/aromatic N) is 2. The van der Waals surface area contributed by atoms with Crippen LogP contribution in [0.2, 0.25) is 0 Å². The molecule has 92 valence electrons. The van der Waals surface area contributed by atoms with Crippen LogP contribution in [0.25, 0.3) is 10.9 Å². The third-order valence-corrected chi connectivity index (χ3v) is 3.13. The van der Waals surface area contributed by atoms with Gasteiger partial charge in [-0.1, -0.05) is 32.4 Å². The predicted molar refractivity (Wildman–Crippen MR) is 73.3 cm³/mol. The molecule has 17 heavy (non-hydrogen) atoms. The first-order valence-electron chi connectivity index (χ1n) is 6.70. The summed E-state index contributed by atoms with van der Waals surface area (Å²) in [5.74, 6) is 0. The molecule has 0 atom stereocenters. The van der Waals surface area contributed by atoms with Crippen LogP contribution in [-0.4, -0.2) is 9.78 Å². The highest BCUT2D eigenvalue weighted by molar-refractivity contribution is 5.78. The molecule has 0 bridgehead atoms. The molecule has 0 unspecified atom stereocenters. The van der Waals surface area contributed by atoms with Crippen LogP contribution < -0.4 is 0 Å². The Bertz CT molecular complexity index is 481. The van der Waals surface area contributed by atoms with Crippen LogP contribution in [0.1, 0.15) is 51.1 Å². The normalized spacial score (nSPS) is 15.2. The summed E-state index contributed by atoms with van der Waals surface area (Å²) in [6, 6.07) is 7.13. The maximum Gasteiger partial charge on any atom is 0.0926 e. The molecule has 0 N–H and O–H groups in total. The van der Waals surface area contributed by atoms with Crippen LogP contribution in [-0.2, 0) is 0 Å². The van der Waals surface area contributed by atoms with Gasteiger partial charge in [0.1, 0.15) is 0 Å². The smallest absolute Gasteiger partial charge is 0.0926 e. The van der Waals surface area contributed by atoms with E-state index in [2.05, 4.69) is 54.9 Å². The molecule has 2 aromatic rings. The Kier molecular flexibility index (Phi) is 3.82. The van der Waals surface area contributed by atoms with Crippen LogP contribution in [0.15, 0.2) is 24.4 Å². The highest BCUT2D eigenvalue weighted by Gasteiger charge is 2.20. The molecule has 0 amide bonds. The molecule has 1 aromatic heterocycles. The molecular weight excluding hydrogens is 208 g/mol. The Morgan fingerprint density at radius 1 is 1.29 bits per heavy atom. The lowest BCUT2D eigenvalue weighted by Crippen LogP contribution is -2.16. The van der Waals surface area contributed by atoms with E-state index in [1.165, 1.54) is 36.6 Å². The third kappa shape index (κ3) is 2.68. The molecule has 1 fully saturated rings. The lowest BCUT2D eigenvalue weighted by molar-refractivity contribution is 0.291. The van der Waals surface area contributed by atoms with Crippen molar-refractivity contribution in [1.29, 1.82) is 0 Å². The monoisotopic (exact) mass is 230 g/mol. The lowest BCUT2D eigenvalue weighted by atomic mass is 9.93. The van der Waals surface area contributed by atoms with Crippen molar-refractivity contribution in [2.45, 2.75) is 52.5 Å². The Morgan fingerprint density at radius 2 is 2.00 bits per heavy atom. The average Bonchev–Trinajstić information content (AvgIpc) is 2.58. The van der Waals surface area contributed by atoms with E-state index in [1.54, 1.807) is 0 Å². The maximum atomic E-state index is 4.61. The molecular formula is C15H22N2. The van der Waals surface area contributed by atoms with Crippen molar-refractivity contribution < 1.29 is 0 Å². The van der Waals surface area contributed by atoms with E-state index in [4.69, 9.17) is 0 Å². The molecule has 1 aromatic carbocycles. The van der Waals surface area contributed by atoms with Crippen LogP contribution in [0, 0.1) is 6.92 Å². The zero-order valence-electron chi connectivity index (χ0n) is 11.1. The average molecular weight is 230 g/mol. The molecule has 2 nitrogen and oxygen atoms in total. The van der Waals surface area contributed by atoms with E-state index in [0.717, 1.165) is 5.52 Å². The van der Waals surface area contributed by atoms with Gasteiger partial charge in [0.15, 0.2) is 0 Å². The fourth-order valence-electron chi connectivity index (χ4n) is 1.98. The second-order valence-corrected chi connectivity index (χ2v) is 4.96. The Morgan fingerprint density at radius 3 is 2.59 bits per heavy atom. The number of hydrogen-bond donors (Lipinski definition) is 0. The molecule has 0 saturated heterocycles. The van der Waals surface area contributed by atoms with Crippen LogP contribution >= 0.6 is 0 Å². The first-order chi connectivity index (χ1) is 8.24. The number of aryl methyl sites for hydroxylation is 1. The van der Waals surface area contributed by atoms with Gasteiger partial charge >= 0.3 is 0 Å². The molecule has 0 radical (unpaired) electrons. The van der Waals surface area contributed by atoms with Gasteiger partial charge in [0.05, 0.1) is 11.6 Å². The standard InChI is InChI=1S/C12H14N2.C3H8/c1-9-5-6-10-8-14(11-3-2-4-11)13-12(10)7-9;1-3-2/h5-8,11H,2-4H2,1H3;3H2,1-2H3. The van der Waals surface area contributed by atoms with Crippen molar-refractivity contribution in [3.63, 3.8) is 0 Å². The minimum atomic E-state index is 0.669. The summed E-state index contributed by atoms with van der Waals surface area (Å²) in [4.78, 5) is 0. The predicted octanol–water partition coefficient (Wildman–Crippen LogP) is 4.49. The molecule has 1 aliphatic carbocycles. The van der Waals surface area contributed by atoms with Crippen molar-refractivity contribution in [3.05, 3.63) is 30.0 Å². The zero-order valence-corrected chi connectivity index (χ0v) is 11.1. The van der Waals surface area contributed by atoms with Gasteiger partial charge in [0.2, 0.25) is 0 Å². The van der Waals surface area contributed by atoms with Crippen molar-refractivity contribution in [1.82, 2.24) is 9.78 Å². The molecule has 0 aliphatic heterocycles. The van der Waals surface area contributed by atoms with Crippen molar-refractivity contribution in [2.24, 2.45) is 0 Å². The molecule has 1 heterocycles. The lowest BCUT2D eigenvalue weighted by Gasteiger charge is -2.25. The van der Waals surface area contributed by atoms with Gasteiger partial charge < -0.3 is 0 Å². The largest absolute Gasteiger partial charge is 0.268 e. The van der Waals surface area contributed by atoms with E-state index in [1.807, 2.05) is 0 Å². The molecule has 3 rings (SSSR count). The maximum absolute atomic E-state index is 4.61. The highest BCUT2D eigenvalue weighted by atomic mass is 15.3.